The van der Waals surface area contributed by atoms with Crippen LogP contribution in [0.4, 0.5) is 5.82 Å². The van der Waals surface area contributed by atoms with Crippen LogP contribution in [0.25, 0.3) is 22.4 Å². The predicted octanol–water partition coefficient (Wildman–Crippen LogP) is 4.87. The number of carbonyl (C=O) groups is 2. The van der Waals surface area contributed by atoms with E-state index in [4.69, 9.17) is 5.73 Å². The molecule has 38 heavy (non-hydrogen) atoms. The van der Waals surface area contributed by atoms with Gasteiger partial charge in [-0.2, -0.15) is 5.26 Å². The molecular formula is C29H25N5O3S. The molecule has 1 aliphatic rings. The van der Waals surface area contributed by atoms with Gasteiger partial charge in [-0.15, -0.1) is 11.3 Å². The number of phenolic OH excluding ortho intramolecular Hbond substituents is 1. The monoisotopic (exact) mass is 523 g/mol. The number of hydrogen-bond acceptors (Lipinski definition) is 7. The molecule has 4 aromatic rings. The van der Waals surface area contributed by atoms with Crippen molar-refractivity contribution in [3.8, 4) is 34.2 Å². The van der Waals surface area contributed by atoms with E-state index < -0.39 is 5.91 Å². The number of thiophene rings is 1. The number of para-hydroxylation sites is 1. The van der Waals surface area contributed by atoms with Crippen LogP contribution in [-0.2, 0) is 0 Å². The van der Waals surface area contributed by atoms with E-state index in [1.807, 2.05) is 0 Å². The summed E-state index contributed by atoms with van der Waals surface area (Å²) < 4.78 is 0. The van der Waals surface area contributed by atoms with Gasteiger partial charge in [0.15, 0.2) is 5.82 Å². The average Bonchev–Trinajstić information content (AvgIpc) is 3.48. The molecule has 5 rings (SSSR count). The standard InChI is InChI=1S/C29H25N5O3S/c30-16-23-22(18-6-3-7-19(14-18)29(37)34-12-4-8-20(31)17-34)15-24(21-9-1-2-10-25(21)35)32-27(23)33-28(36)26-11-5-13-38-26/h1-3,5-7,9-11,13-15,20,35H,4,8,12,17,31H2,(H,32,33,36). The van der Waals surface area contributed by atoms with Crippen LogP contribution in [0.5, 0.6) is 5.75 Å². The number of benzene rings is 2. The first kappa shape index (κ1) is 25.1. The van der Waals surface area contributed by atoms with E-state index in [2.05, 4.69) is 16.4 Å². The molecule has 0 radical (unpaired) electrons. The molecule has 0 spiro atoms. The molecule has 1 unspecified atom stereocenters. The van der Waals surface area contributed by atoms with Crippen LogP contribution in [0.1, 0.15) is 38.4 Å². The van der Waals surface area contributed by atoms with Gasteiger partial charge in [0.1, 0.15) is 17.4 Å². The van der Waals surface area contributed by atoms with E-state index in [1.54, 1.807) is 77.0 Å². The van der Waals surface area contributed by atoms with Gasteiger partial charge in [0, 0.05) is 35.8 Å². The van der Waals surface area contributed by atoms with Crippen molar-refractivity contribution in [3.63, 3.8) is 0 Å². The number of aromatic nitrogens is 1. The van der Waals surface area contributed by atoms with E-state index in [1.165, 1.54) is 11.3 Å². The van der Waals surface area contributed by atoms with Crippen molar-refractivity contribution in [2.75, 3.05) is 18.4 Å². The Labute approximate surface area is 224 Å². The first-order valence-electron chi connectivity index (χ1n) is 12.2. The third-order valence-corrected chi connectivity index (χ3v) is 7.32. The highest BCUT2D eigenvalue weighted by Crippen LogP contribution is 2.36. The van der Waals surface area contributed by atoms with Crippen LogP contribution in [0.2, 0.25) is 0 Å². The van der Waals surface area contributed by atoms with Crippen LogP contribution >= 0.6 is 11.3 Å². The largest absolute Gasteiger partial charge is 0.507 e. The number of hydrogen-bond donors (Lipinski definition) is 3. The quantitative estimate of drug-likeness (QED) is 0.342. The number of nitrogens with two attached hydrogens (primary N) is 1. The van der Waals surface area contributed by atoms with Crippen molar-refractivity contribution in [3.05, 3.63) is 88.1 Å². The third-order valence-electron chi connectivity index (χ3n) is 6.45. The van der Waals surface area contributed by atoms with Crippen LogP contribution in [0.3, 0.4) is 0 Å². The molecule has 0 bridgehead atoms. The molecule has 2 amide bonds. The molecule has 4 N–H and O–H groups in total. The number of piperidine rings is 1. The molecule has 1 saturated heterocycles. The predicted molar refractivity (Wildman–Crippen MR) is 147 cm³/mol. The van der Waals surface area contributed by atoms with Crippen LogP contribution < -0.4 is 11.1 Å². The number of rotatable bonds is 5. The normalized spacial score (nSPS) is 15.1. The van der Waals surface area contributed by atoms with Gasteiger partial charge in [0.05, 0.1) is 10.6 Å². The second kappa shape index (κ2) is 10.8. The summed E-state index contributed by atoms with van der Waals surface area (Å²) in [6.07, 6.45) is 1.74. The number of likely N-dealkylation sites (tertiary alicyclic amines) is 1. The third kappa shape index (κ3) is 5.13. The van der Waals surface area contributed by atoms with E-state index in [-0.39, 0.29) is 29.1 Å². The molecule has 1 atom stereocenters. The highest BCUT2D eigenvalue weighted by atomic mass is 32.1. The topological polar surface area (TPSA) is 132 Å². The zero-order valence-corrected chi connectivity index (χ0v) is 21.2. The fraction of sp³-hybridized carbons (Fsp3) is 0.172. The number of pyridine rings is 1. The molecular weight excluding hydrogens is 498 g/mol. The SMILES string of the molecule is N#Cc1c(-c2cccc(C(=O)N3CCCC(N)C3)c2)cc(-c2ccccc2O)nc1NC(=O)c1cccs1. The zero-order chi connectivity index (χ0) is 26.6. The molecule has 0 saturated carbocycles. The van der Waals surface area contributed by atoms with Gasteiger partial charge in [-0.1, -0.05) is 30.3 Å². The van der Waals surface area contributed by atoms with Gasteiger partial charge in [-0.25, -0.2) is 4.98 Å². The Morgan fingerprint density at radius 3 is 2.68 bits per heavy atom. The van der Waals surface area contributed by atoms with Gasteiger partial charge in [0.25, 0.3) is 11.8 Å². The lowest BCUT2D eigenvalue weighted by Crippen LogP contribution is -2.45. The minimum atomic E-state index is -0.394. The number of nitriles is 1. The van der Waals surface area contributed by atoms with Crippen molar-refractivity contribution in [1.29, 1.82) is 5.26 Å². The highest BCUT2D eigenvalue weighted by Gasteiger charge is 2.24. The number of amides is 2. The maximum Gasteiger partial charge on any atom is 0.266 e. The summed E-state index contributed by atoms with van der Waals surface area (Å²) in [6, 6.07) is 21.0. The van der Waals surface area contributed by atoms with E-state index in [0.717, 1.165) is 12.8 Å². The molecule has 0 aliphatic carbocycles. The Bertz CT molecular complexity index is 1540. The molecule has 9 heteroatoms. The summed E-state index contributed by atoms with van der Waals surface area (Å²) in [7, 11) is 0. The van der Waals surface area contributed by atoms with Crippen molar-refractivity contribution < 1.29 is 14.7 Å². The minimum absolute atomic E-state index is 0.0107. The summed E-state index contributed by atoms with van der Waals surface area (Å²) in [5, 5.41) is 25.2. The van der Waals surface area contributed by atoms with E-state index in [9.17, 15) is 20.0 Å². The highest BCUT2D eigenvalue weighted by molar-refractivity contribution is 7.12. The Hall–Kier alpha value is -4.52. The molecule has 3 heterocycles. The molecule has 1 aliphatic heterocycles. The molecule has 190 valence electrons. The van der Waals surface area contributed by atoms with Gasteiger partial charge in [-0.05, 0) is 60.2 Å². The maximum absolute atomic E-state index is 13.3. The molecule has 2 aromatic heterocycles. The lowest BCUT2D eigenvalue weighted by molar-refractivity contribution is 0.0708. The van der Waals surface area contributed by atoms with Gasteiger partial charge >= 0.3 is 0 Å². The Balaban J connectivity index is 1.61. The van der Waals surface area contributed by atoms with E-state index in [0.29, 0.717) is 45.9 Å². The number of nitrogens with zero attached hydrogens (tertiary/aromatic N) is 3. The van der Waals surface area contributed by atoms with Crippen molar-refractivity contribution in [1.82, 2.24) is 9.88 Å². The van der Waals surface area contributed by atoms with Crippen molar-refractivity contribution in [2.24, 2.45) is 5.73 Å². The fourth-order valence-electron chi connectivity index (χ4n) is 4.58. The lowest BCUT2D eigenvalue weighted by Gasteiger charge is -2.31. The smallest absolute Gasteiger partial charge is 0.266 e. The zero-order valence-electron chi connectivity index (χ0n) is 20.4. The molecule has 1 fully saturated rings. The second-order valence-electron chi connectivity index (χ2n) is 9.07. The fourth-order valence-corrected chi connectivity index (χ4v) is 5.20. The van der Waals surface area contributed by atoms with Gasteiger partial charge in [-0.3, -0.25) is 9.59 Å². The van der Waals surface area contributed by atoms with Crippen molar-refractivity contribution in [2.45, 2.75) is 18.9 Å². The van der Waals surface area contributed by atoms with Crippen LogP contribution in [-0.4, -0.2) is 45.9 Å². The first-order valence-corrected chi connectivity index (χ1v) is 13.1. The summed E-state index contributed by atoms with van der Waals surface area (Å²) in [6.45, 7) is 1.14. The first-order chi connectivity index (χ1) is 18.4. The lowest BCUT2D eigenvalue weighted by atomic mass is 9.96. The number of aromatic hydroxyl groups is 1. The molecule has 8 nitrogen and oxygen atoms in total. The average molecular weight is 524 g/mol. The maximum atomic E-state index is 13.3. The summed E-state index contributed by atoms with van der Waals surface area (Å²) in [5.41, 5.74) is 8.62. The van der Waals surface area contributed by atoms with Crippen molar-refractivity contribution >= 4 is 29.0 Å². The van der Waals surface area contributed by atoms with E-state index >= 15 is 0 Å². The number of carbonyl (C=O) groups excluding carboxylic acids is 2. The summed E-state index contributed by atoms with van der Waals surface area (Å²) in [4.78, 5) is 32.9. The Morgan fingerprint density at radius 1 is 1.11 bits per heavy atom. The number of anilines is 1. The minimum Gasteiger partial charge on any atom is -0.507 e. The van der Waals surface area contributed by atoms with Crippen LogP contribution in [0.15, 0.2) is 72.1 Å². The summed E-state index contributed by atoms with van der Waals surface area (Å²) >= 11 is 1.27. The summed E-state index contributed by atoms with van der Waals surface area (Å²) in [5.74, 6) is -0.437. The second-order valence-corrected chi connectivity index (χ2v) is 10.0. The van der Waals surface area contributed by atoms with Gasteiger partial charge in [0.2, 0.25) is 0 Å². The number of nitrogens with one attached hydrogen (secondary N) is 1. The van der Waals surface area contributed by atoms with Crippen LogP contribution in [0, 0.1) is 11.3 Å². The Kier molecular flexibility index (Phi) is 7.18. The number of phenols is 1. The van der Waals surface area contributed by atoms with Gasteiger partial charge < -0.3 is 21.1 Å². The molecule has 2 aromatic carbocycles. The Morgan fingerprint density at radius 2 is 1.95 bits per heavy atom.